The van der Waals surface area contributed by atoms with Crippen LogP contribution in [0, 0.1) is 6.92 Å². The lowest BCUT2D eigenvalue weighted by molar-refractivity contribution is 0.809. The van der Waals surface area contributed by atoms with Gasteiger partial charge >= 0.3 is 0 Å². The van der Waals surface area contributed by atoms with Crippen LogP contribution in [0.1, 0.15) is 31.2 Å². The molecule has 0 aliphatic rings. The smallest absolute Gasteiger partial charge is 0.139 e. The van der Waals surface area contributed by atoms with E-state index >= 15 is 0 Å². The minimum Gasteiger partial charge on any atom is -0.303 e. The molecule has 6 nitrogen and oxygen atoms in total. The molecule has 4 aromatic heterocycles. The number of nitrogens with zero attached hydrogens (tertiary/aromatic N) is 5. The molecule has 1 N–H and O–H groups in total. The van der Waals surface area contributed by atoms with E-state index in [-0.39, 0.29) is 0 Å². The number of nitrogens with one attached hydrogen (secondary N) is 1. The van der Waals surface area contributed by atoms with Crippen LogP contribution in [0.25, 0.3) is 28.3 Å². The highest BCUT2D eigenvalue weighted by Crippen LogP contribution is 2.28. The van der Waals surface area contributed by atoms with Crippen LogP contribution in [0.15, 0.2) is 42.7 Å². The third-order valence-corrected chi connectivity index (χ3v) is 4.08. The molecule has 24 heavy (non-hydrogen) atoms. The van der Waals surface area contributed by atoms with Crippen molar-refractivity contribution >= 4 is 5.65 Å². The van der Waals surface area contributed by atoms with Gasteiger partial charge in [-0.05, 0) is 37.1 Å². The maximum absolute atomic E-state index is 4.56. The van der Waals surface area contributed by atoms with Crippen LogP contribution in [-0.2, 0) is 0 Å². The molecule has 4 rings (SSSR count). The lowest BCUT2D eigenvalue weighted by Gasteiger charge is -2.07. The zero-order valence-electron chi connectivity index (χ0n) is 13.9. The Morgan fingerprint density at radius 2 is 1.88 bits per heavy atom. The third-order valence-electron chi connectivity index (χ3n) is 4.08. The predicted octanol–water partition coefficient (Wildman–Crippen LogP) is 3.61. The first-order chi connectivity index (χ1) is 11.6. The van der Waals surface area contributed by atoms with E-state index in [1.807, 2.05) is 43.5 Å². The zero-order valence-corrected chi connectivity index (χ0v) is 13.9. The molecule has 0 unspecified atom stereocenters. The van der Waals surface area contributed by atoms with Gasteiger partial charge in [-0.1, -0.05) is 19.9 Å². The SMILES string of the molecule is Cc1cccc(-c2n[nH]nc2-c2ccc3ncc(C(C)C)n3c2)n1. The molecule has 0 fully saturated rings. The highest BCUT2D eigenvalue weighted by Gasteiger charge is 2.15. The molecule has 0 amide bonds. The summed E-state index contributed by atoms with van der Waals surface area (Å²) in [6.07, 6.45) is 3.99. The van der Waals surface area contributed by atoms with Crippen molar-refractivity contribution in [2.45, 2.75) is 26.7 Å². The van der Waals surface area contributed by atoms with Crippen molar-refractivity contribution in [1.82, 2.24) is 29.8 Å². The average Bonchev–Trinajstić information content (AvgIpc) is 3.21. The molecule has 0 spiro atoms. The van der Waals surface area contributed by atoms with Gasteiger partial charge in [0.2, 0.25) is 0 Å². The van der Waals surface area contributed by atoms with Gasteiger partial charge in [0, 0.05) is 29.3 Å². The van der Waals surface area contributed by atoms with Gasteiger partial charge in [-0.15, -0.1) is 0 Å². The second-order valence-electron chi connectivity index (χ2n) is 6.17. The number of aromatic nitrogens is 6. The normalized spacial score (nSPS) is 11.5. The van der Waals surface area contributed by atoms with Crippen LogP contribution in [0.4, 0.5) is 0 Å². The van der Waals surface area contributed by atoms with Crippen molar-refractivity contribution in [1.29, 1.82) is 0 Å². The van der Waals surface area contributed by atoms with Gasteiger partial charge in [0.25, 0.3) is 0 Å². The van der Waals surface area contributed by atoms with Crippen molar-refractivity contribution in [2.75, 3.05) is 0 Å². The molecule has 0 radical (unpaired) electrons. The molecule has 6 heteroatoms. The molecule has 0 saturated carbocycles. The Morgan fingerprint density at radius 3 is 2.67 bits per heavy atom. The molecular weight excluding hydrogens is 300 g/mol. The number of hydrogen-bond donors (Lipinski definition) is 1. The van der Waals surface area contributed by atoms with Crippen LogP contribution >= 0.6 is 0 Å². The minimum atomic E-state index is 0.394. The van der Waals surface area contributed by atoms with E-state index in [1.165, 1.54) is 5.69 Å². The summed E-state index contributed by atoms with van der Waals surface area (Å²) in [6, 6.07) is 9.92. The maximum Gasteiger partial charge on any atom is 0.139 e. The van der Waals surface area contributed by atoms with Gasteiger partial charge in [-0.2, -0.15) is 15.4 Å². The lowest BCUT2D eigenvalue weighted by atomic mass is 10.1. The van der Waals surface area contributed by atoms with Crippen LogP contribution in [0.5, 0.6) is 0 Å². The number of aromatic amines is 1. The summed E-state index contributed by atoms with van der Waals surface area (Å²) < 4.78 is 2.11. The Balaban J connectivity index is 1.87. The summed E-state index contributed by atoms with van der Waals surface area (Å²) in [5, 5.41) is 11.4. The number of imidazole rings is 1. The second kappa shape index (κ2) is 5.56. The van der Waals surface area contributed by atoms with Crippen molar-refractivity contribution in [3.05, 3.63) is 54.1 Å². The lowest BCUT2D eigenvalue weighted by Crippen LogP contribution is -1.96. The largest absolute Gasteiger partial charge is 0.303 e. The molecule has 0 aliphatic heterocycles. The summed E-state index contributed by atoms with van der Waals surface area (Å²) in [5.41, 5.74) is 6.39. The standard InChI is InChI=1S/C18H18N6/c1-11(2)15-9-19-16-8-7-13(10-24(15)16)17-18(22-23-21-17)14-6-4-5-12(3)20-14/h4-11H,1-3H3,(H,21,22,23). The number of hydrogen-bond acceptors (Lipinski definition) is 4. The van der Waals surface area contributed by atoms with Crippen molar-refractivity contribution in [2.24, 2.45) is 0 Å². The van der Waals surface area contributed by atoms with Gasteiger partial charge in [-0.3, -0.25) is 4.98 Å². The quantitative estimate of drug-likeness (QED) is 0.626. The van der Waals surface area contributed by atoms with Crippen LogP contribution < -0.4 is 0 Å². The second-order valence-corrected chi connectivity index (χ2v) is 6.17. The molecule has 0 saturated heterocycles. The van der Waals surface area contributed by atoms with E-state index in [9.17, 15) is 0 Å². The number of rotatable bonds is 3. The first-order valence-electron chi connectivity index (χ1n) is 7.95. The predicted molar refractivity (Wildman–Crippen MR) is 92.6 cm³/mol. The highest BCUT2D eigenvalue weighted by atomic mass is 15.3. The van der Waals surface area contributed by atoms with E-state index in [0.717, 1.165) is 34.0 Å². The van der Waals surface area contributed by atoms with Gasteiger partial charge in [-0.25, -0.2) is 4.98 Å². The van der Waals surface area contributed by atoms with Gasteiger partial charge in [0.1, 0.15) is 17.0 Å². The first-order valence-corrected chi connectivity index (χ1v) is 7.95. The summed E-state index contributed by atoms with van der Waals surface area (Å²) in [5.74, 6) is 0.394. The Kier molecular flexibility index (Phi) is 3.37. The van der Waals surface area contributed by atoms with Gasteiger partial charge in [0.05, 0.1) is 5.69 Å². The van der Waals surface area contributed by atoms with Crippen molar-refractivity contribution in [3.63, 3.8) is 0 Å². The Hall–Kier alpha value is -3.02. The first kappa shape index (κ1) is 14.6. The average molecular weight is 318 g/mol. The number of pyridine rings is 2. The van der Waals surface area contributed by atoms with Crippen LogP contribution in [-0.4, -0.2) is 29.8 Å². The van der Waals surface area contributed by atoms with Crippen LogP contribution in [0.3, 0.4) is 0 Å². The highest BCUT2D eigenvalue weighted by molar-refractivity contribution is 5.76. The molecule has 4 aromatic rings. The monoisotopic (exact) mass is 318 g/mol. The molecule has 0 aliphatic carbocycles. The summed E-state index contributed by atoms with van der Waals surface area (Å²) in [6.45, 7) is 6.29. The molecule has 0 aromatic carbocycles. The van der Waals surface area contributed by atoms with E-state index in [1.54, 1.807) is 0 Å². The fourth-order valence-electron chi connectivity index (χ4n) is 2.85. The van der Waals surface area contributed by atoms with Gasteiger partial charge in [0.15, 0.2) is 0 Å². The summed E-state index contributed by atoms with van der Waals surface area (Å²) in [4.78, 5) is 9.02. The third kappa shape index (κ3) is 2.36. The zero-order chi connectivity index (χ0) is 16.7. The number of fused-ring (bicyclic) bond motifs is 1. The van der Waals surface area contributed by atoms with Crippen LogP contribution in [0.2, 0.25) is 0 Å². The molecular formula is C18H18N6. The maximum atomic E-state index is 4.56. The molecule has 0 bridgehead atoms. The Bertz CT molecular complexity index is 1010. The summed E-state index contributed by atoms with van der Waals surface area (Å²) in [7, 11) is 0. The van der Waals surface area contributed by atoms with E-state index in [0.29, 0.717) is 5.92 Å². The molecule has 0 atom stereocenters. The number of aryl methyl sites for hydroxylation is 1. The van der Waals surface area contributed by atoms with Crippen molar-refractivity contribution in [3.8, 4) is 22.6 Å². The van der Waals surface area contributed by atoms with Gasteiger partial charge < -0.3 is 4.40 Å². The number of H-pyrrole nitrogens is 1. The Morgan fingerprint density at radius 1 is 1.04 bits per heavy atom. The minimum absolute atomic E-state index is 0.394. The van der Waals surface area contributed by atoms with Crippen molar-refractivity contribution < 1.29 is 0 Å². The molecule has 4 heterocycles. The summed E-state index contributed by atoms with van der Waals surface area (Å²) >= 11 is 0. The fraction of sp³-hybridized carbons (Fsp3) is 0.222. The fourth-order valence-corrected chi connectivity index (χ4v) is 2.85. The van der Waals surface area contributed by atoms with E-state index in [4.69, 9.17) is 0 Å². The van der Waals surface area contributed by atoms with E-state index in [2.05, 4.69) is 49.8 Å². The Labute approximate surface area is 139 Å². The van der Waals surface area contributed by atoms with E-state index < -0.39 is 0 Å². The molecule has 120 valence electrons. The topological polar surface area (TPSA) is 71.8 Å².